The molecular formula is C64H43N. The van der Waals surface area contributed by atoms with Crippen LogP contribution in [0.1, 0.15) is 56.0 Å². The minimum atomic E-state index is -0.493. The Hall–Kier alpha value is -8.26. The summed E-state index contributed by atoms with van der Waals surface area (Å²) in [5.74, 6) is 0.143. The molecule has 13 rings (SSSR count). The predicted molar refractivity (Wildman–Crippen MR) is 270 cm³/mol. The largest absolute Gasteiger partial charge is 0.310 e. The third kappa shape index (κ3) is 5.59. The second-order valence-electron chi connectivity index (χ2n) is 17.5. The van der Waals surface area contributed by atoms with E-state index in [2.05, 4.69) is 260 Å². The van der Waals surface area contributed by atoms with Gasteiger partial charge in [0.1, 0.15) is 0 Å². The second-order valence-corrected chi connectivity index (χ2v) is 17.5. The van der Waals surface area contributed by atoms with Gasteiger partial charge in [0.25, 0.3) is 0 Å². The van der Waals surface area contributed by atoms with E-state index in [1.807, 2.05) is 0 Å². The van der Waals surface area contributed by atoms with Crippen molar-refractivity contribution in [3.63, 3.8) is 0 Å². The molecule has 0 saturated carbocycles. The maximum absolute atomic E-state index is 2.46. The van der Waals surface area contributed by atoms with E-state index in [4.69, 9.17) is 0 Å². The highest BCUT2D eigenvalue weighted by Crippen LogP contribution is 2.61. The molecule has 0 saturated heterocycles. The molecule has 0 aromatic heterocycles. The standard InChI is InChI=1S/C64H43N/c1-5-20-44(21-6-1)60-56-31-15-16-32-57(56)62-54-30-14-13-28-51(54)55-34-19-33-50(61(55)63(60)62)43-36-38-48(39-37-43)65(47-26-11-4-12-27-47)49-40-41-53-52-29-17-18-35-58(52)64(59(53)42-49,45-22-7-2-8-23-45)46-24-9-3-10-25-46/h1-42,62H. The lowest BCUT2D eigenvalue weighted by atomic mass is 9.67. The van der Waals surface area contributed by atoms with E-state index in [1.54, 1.807) is 0 Å². The number of anilines is 3. The Labute approximate surface area is 380 Å². The Bertz CT molecular complexity index is 3420. The van der Waals surface area contributed by atoms with Crippen molar-refractivity contribution in [3.05, 3.63) is 305 Å². The van der Waals surface area contributed by atoms with E-state index in [9.17, 15) is 0 Å². The molecule has 1 atom stereocenters. The lowest BCUT2D eigenvalue weighted by molar-refractivity contribution is 0.768. The van der Waals surface area contributed by atoms with Crippen molar-refractivity contribution >= 4 is 28.2 Å². The normalized spacial score (nSPS) is 14.7. The Morgan fingerprint density at radius 1 is 0.308 bits per heavy atom. The van der Waals surface area contributed by atoms with Crippen LogP contribution in [0.15, 0.2) is 255 Å². The molecule has 0 aliphatic heterocycles. The van der Waals surface area contributed by atoms with Crippen LogP contribution in [0, 0.1) is 0 Å². The topological polar surface area (TPSA) is 3.24 Å². The van der Waals surface area contributed by atoms with Crippen molar-refractivity contribution < 1.29 is 0 Å². The third-order valence-electron chi connectivity index (χ3n) is 14.2. The van der Waals surface area contributed by atoms with Crippen LogP contribution >= 0.6 is 0 Å². The highest BCUT2D eigenvalue weighted by molar-refractivity contribution is 6.14. The van der Waals surface area contributed by atoms with Gasteiger partial charge in [-0.05, 0) is 131 Å². The Kier molecular flexibility index (Phi) is 8.57. The van der Waals surface area contributed by atoms with Crippen molar-refractivity contribution in [1.29, 1.82) is 0 Å². The molecule has 0 bridgehead atoms. The zero-order valence-corrected chi connectivity index (χ0v) is 35.8. The van der Waals surface area contributed by atoms with Gasteiger partial charge in [-0.1, -0.05) is 218 Å². The molecule has 0 heterocycles. The van der Waals surface area contributed by atoms with Crippen LogP contribution in [-0.2, 0) is 5.41 Å². The molecule has 1 unspecified atom stereocenters. The first kappa shape index (κ1) is 37.3. The fraction of sp³-hybridized carbons (Fsp3) is 0.0312. The highest BCUT2D eigenvalue weighted by atomic mass is 15.1. The Balaban J connectivity index is 0.993. The van der Waals surface area contributed by atoms with E-state index in [1.165, 1.54) is 94.6 Å². The van der Waals surface area contributed by atoms with Gasteiger partial charge in [-0.2, -0.15) is 0 Å². The first-order chi connectivity index (χ1) is 32.3. The molecule has 3 aliphatic rings. The summed E-state index contributed by atoms with van der Waals surface area (Å²) in [6.45, 7) is 0. The molecular weight excluding hydrogens is 783 g/mol. The van der Waals surface area contributed by atoms with Gasteiger partial charge in [-0.15, -0.1) is 0 Å². The van der Waals surface area contributed by atoms with Crippen molar-refractivity contribution in [2.45, 2.75) is 11.3 Å². The molecule has 3 aliphatic carbocycles. The average molecular weight is 826 g/mol. The summed E-state index contributed by atoms with van der Waals surface area (Å²) in [6, 6.07) is 94.4. The van der Waals surface area contributed by atoms with Gasteiger partial charge in [0.2, 0.25) is 0 Å². The summed E-state index contributed by atoms with van der Waals surface area (Å²) in [4.78, 5) is 2.42. The monoisotopic (exact) mass is 825 g/mol. The van der Waals surface area contributed by atoms with Gasteiger partial charge in [0, 0.05) is 23.0 Å². The van der Waals surface area contributed by atoms with Crippen LogP contribution in [-0.4, -0.2) is 0 Å². The molecule has 0 N–H and O–H groups in total. The summed E-state index contributed by atoms with van der Waals surface area (Å²) >= 11 is 0. The number of rotatable bonds is 7. The lowest BCUT2D eigenvalue weighted by Gasteiger charge is -2.35. The first-order valence-electron chi connectivity index (χ1n) is 22.7. The average Bonchev–Trinajstić information content (AvgIpc) is 3.89. The zero-order chi connectivity index (χ0) is 42.9. The van der Waals surface area contributed by atoms with Crippen LogP contribution in [0.25, 0.3) is 44.5 Å². The number of fused-ring (bicyclic) bond motifs is 11. The van der Waals surface area contributed by atoms with E-state index < -0.39 is 5.41 Å². The Morgan fingerprint density at radius 3 is 1.49 bits per heavy atom. The minimum absolute atomic E-state index is 0.143. The molecule has 0 spiro atoms. The lowest BCUT2D eigenvalue weighted by Crippen LogP contribution is -2.28. The predicted octanol–water partition coefficient (Wildman–Crippen LogP) is 16.3. The molecule has 0 radical (unpaired) electrons. The summed E-state index contributed by atoms with van der Waals surface area (Å²) in [7, 11) is 0. The van der Waals surface area contributed by atoms with E-state index in [0.29, 0.717) is 0 Å². The van der Waals surface area contributed by atoms with Crippen molar-refractivity contribution in [2.75, 3.05) is 4.90 Å². The fourth-order valence-corrected chi connectivity index (χ4v) is 11.6. The quantitative estimate of drug-likeness (QED) is 0.155. The summed E-state index contributed by atoms with van der Waals surface area (Å²) in [5.41, 5.74) is 25.0. The number of benzene rings is 10. The number of hydrogen-bond donors (Lipinski definition) is 0. The highest BCUT2D eigenvalue weighted by Gasteiger charge is 2.46. The number of para-hydroxylation sites is 1. The third-order valence-corrected chi connectivity index (χ3v) is 14.2. The maximum atomic E-state index is 2.46. The smallest absolute Gasteiger partial charge is 0.0714 e. The van der Waals surface area contributed by atoms with Crippen LogP contribution in [0.4, 0.5) is 17.1 Å². The maximum Gasteiger partial charge on any atom is 0.0714 e. The van der Waals surface area contributed by atoms with Crippen LogP contribution < -0.4 is 4.90 Å². The Morgan fingerprint density at radius 2 is 0.800 bits per heavy atom. The van der Waals surface area contributed by atoms with E-state index in [0.717, 1.165) is 17.1 Å². The number of hydrogen-bond acceptors (Lipinski definition) is 1. The molecule has 0 amide bonds. The summed E-state index contributed by atoms with van der Waals surface area (Å²) in [5, 5.41) is 0. The molecule has 65 heavy (non-hydrogen) atoms. The van der Waals surface area contributed by atoms with Crippen LogP contribution in [0.2, 0.25) is 0 Å². The van der Waals surface area contributed by atoms with Gasteiger partial charge < -0.3 is 4.90 Å². The number of nitrogens with zero attached hydrogens (tertiary/aromatic N) is 1. The van der Waals surface area contributed by atoms with Gasteiger partial charge in [0.05, 0.1) is 5.41 Å². The molecule has 1 nitrogen and oxygen atoms in total. The molecule has 1 heteroatoms. The molecule has 10 aromatic carbocycles. The second kappa shape index (κ2) is 14.9. The van der Waals surface area contributed by atoms with Crippen molar-refractivity contribution in [1.82, 2.24) is 0 Å². The first-order valence-corrected chi connectivity index (χ1v) is 22.7. The van der Waals surface area contributed by atoms with E-state index >= 15 is 0 Å². The van der Waals surface area contributed by atoms with Gasteiger partial charge in [-0.25, -0.2) is 0 Å². The summed E-state index contributed by atoms with van der Waals surface area (Å²) < 4.78 is 0. The zero-order valence-electron chi connectivity index (χ0n) is 35.8. The van der Waals surface area contributed by atoms with Crippen LogP contribution in [0.5, 0.6) is 0 Å². The number of allylic oxidation sites excluding steroid dienone is 1. The fourth-order valence-electron chi connectivity index (χ4n) is 11.6. The minimum Gasteiger partial charge on any atom is -0.310 e. The van der Waals surface area contributed by atoms with Crippen molar-refractivity contribution in [2.24, 2.45) is 0 Å². The molecule has 10 aromatic rings. The summed E-state index contributed by atoms with van der Waals surface area (Å²) in [6.07, 6.45) is 0. The van der Waals surface area contributed by atoms with Gasteiger partial charge in [-0.3, -0.25) is 0 Å². The van der Waals surface area contributed by atoms with Gasteiger partial charge in [0.15, 0.2) is 0 Å². The molecule has 304 valence electrons. The van der Waals surface area contributed by atoms with E-state index in [-0.39, 0.29) is 5.92 Å². The van der Waals surface area contributed by atoms with Crippen molar-refractivity contribution in [3.8, 4) is 33.4 Å². The van der Waals surface area contributed by atoms with Gasteiger partial charge >= 0.3 is 0 Å². The van der Waals surface area contributed by atoms with Crippen LogP contribution in [0.3, 0.4) is 0 Å². The molecule has 0 fully saturated rings. The SMILES string of the molecule is c1ccc(C2=C3c4c(-c5ccc(N(c6ccccc6)c6ccc7c(c6)C(c6ccccc6)(c6ccccc6)c6ccccc6-7)cc5)cccc4-c4ccccc4C3c3ccccc32)cc1.